The van der Waals surface area contributed by atoms with Crippen LogP contribution in [0.4, 0.5) is 5.69 Å². The summed E-state index contributed by atoms with van der Waals surface area (Å²) in [6, 6.07) is 15.0. The Morgan fingerprint density at radius 2 is 1.91 bits per heavy atom. The molecule has 0 atom stereocenters. The molecule has 0 aromatic heterocycles. The zero-order chi connectivity index (χ0) is 16.5. The van der Waals surface area contributed by atoms with Crippen LogP contribution >= 0.6 is 0 Å². The fourth-order valence-corrected chi connectivity index (χ4v) is 1.85. The number of benzene rings is 2. The molecule has 23 heavy (non-hydrogen) atoms. The standard InChI is InChI=1S/C18H20N2O3/c1-3-18(21)23-16-11-10-14(12-17(16)22-4-2)13-19-20-15-8-6-5-7-9-15/h5-13,20H,3-4H2,1-2H3. The highest BCUT2D eigenvalue weighted by Gasteiger charge is 2.09. The van der Waals surface area contributed by atoms with E-state index in [0.29, 0.717) is 24.5 Å². The van der Waals surface area contributed by atoms with Gasteiger partial charge in [-0.05, 0) is 42.8 Å². The second-order valence-corrected chi connectivity index (χ2v) is 4.70. The molecule has 0 aliphatic rings. The third-order valence-electron chi connectivity index (χ3n) is 2.96. The van der Waals surface area contributed by atoms with E-state index in [1.165, 1.54) is 0 Å². The van der Waals surface area contributed by atoms with Crippen molar-refractivity contribution in [2.24, 2.45) is 5.10 Å². The van der Waals surface area contributed by atoms with E-state index < -0.39 is 0 Å². The van der Waals surface area contributed by atoms with Gasteiger partial charge in [-0.1, -0.05) is 25.1 Å². The fourth-order valence-electron chi connectivity index (χ4n) is 1.85. The monoisotopic (exact) mass is 312 g/mol. The minimum atomic E-state index is -0.293. The number of anilines is 1. The number of nitrogens with one attached hydrogen (secondary N) is 1. The van der Waals surface area contributed by atoms with Crippen molar-refractivity contribution in [2.75, 3.05) is 12.0 Å². The van der Waals surface area contributed by atoms with Crippen molar-refractivity contribution in [3.05, 3.63) is 54.1 Å². The molecule has 120 valence electrons. The van der Waals surface area contributed by atoms with E-state index in [-0.39, 0.29) is 5.97 Å². The second kappa shape index (κ2) is 8.58. The molecule has 0 heterocycles. The highest BCUT2D eigenvalue weighted by atomic mass is 16.6. The van der Waals surface area contributed by atoms with Gasteiger partial charge in [0, 0.05) is 6.42 Å². The molecule has 0 saturated heterocycles. The molecule has 0 spiro atoms. The van der Waals surface area contributed by atoms with E-state index in [4.69, 9.17) is 9.47 Å². The Morgan fingerprint density at radius 3 is 2.61 bits per heavy atom. The Balaban J connectivity index is 2.10. The van der Waals surface area contributed by atoms with Gasteiger partial charge in [-0.15, -0.1) is 0 Å². The van der Waals surface area contributed by atoms with Gasteiger partial charge in [0.1, 0.15) is 0 Å². The molecule has 5 nitrogen and oxygen atoms in total. The molecule has 0 radical (unpaired) electrons. The summed E-state index contributed by atoms with van der Waals surface area (Å²) in [7, 11) is 0. The molecule has 2 aromatic rings. The van der Waals surface area contributed by atoms with Crippen molar-refractivity contribution in [3.63, 3.8) is 0 Å². The Bertz CT molecular complexity index is 669. The number of rotatable bonds is 7. The highest BCUT2D eigenvalue weighted by Crippen LogP contribution is 2.28. The minimum absolute atomic E-state index is 0.293. The number of hydrazone groups is 1. The van der Waals surface area contributed by atoms with Crippen LogP contribution in [-0.2, 0) is 4.79 Å². The van der Waals surface area contributed by atoms with Crippen LogP contribution in [0.5, 0.6) is 11.5 Å². The highest BCUT2D eigenvalue weighted by molar-refractivity contribution is 5.82. The SMILES string of the molecule is CCOc1cc(C=NNc2ccccc2)ccc1OC(=O)CC. The Kier molecular flexibility index (Phi) is 6.17. The first kappa shape index (κ1) is 16.5. The Morgan fingerprint density at radius 1 is 1.13 bits per heavy atom. The molecular weight excluding hydrogens is 292 g/mol. The van der Waals surface area contributed by atoms with Crippen LogP contribution < -0.4 is 14.9 Å². The molecule has 5 heteroatoms. The minimum Gasteiger partial charge on any atom is -0.490 e. The fraction of sp³-hybridized carbons (Fsp3) is 0.222. The summed E-state index contributed by atoms with van der Waals surface area (Å²) < 4.78 is 10.8. The van der Waals surface area contributed by atoms with Gasteiger partial charge >= 0.3 is 5.97 Å². The van der Waals surface area contributed by atoms with Crippen LogP contribution in [0.3, 0.4) is 0 Å². The van der Waals surface area contributed by atoms with Gasteiger partial charge in [-0.3, -0.25) is 10.2 Å². The lowest BCUT2D eigenvalue weighted by Gasteiger charge is -2.10. The number of carbonyl (C=O) groups excluding carboxylic acids is 1. The Labute approximate surface area is 135 Å². The van der Waals surface area contributed by atoms with Crippen LogP contribution in [0.15, 0.2) is 53.6 Å². The summed E-state index contributed by atoms with van der Waals surface area (Å²) in [5.41, 5.74) is 4.69. The number of carbonyl (C=O) groups is 1. The number of para-hydroxylation sites is 1. The largest absolute Gasteiger partial charge is 0.490 e. The van der Waals surface area contributed by atoms with Crippen molar-refractivity contribution >= 4 is 17.9 Å². The van der Waals surface area contributed by atoms with Crippen molar-refractivity contribution in [3.8, 4) is 11.5 Å². The number of hydrogen-bond donors (Lipinski definition) is 1. The van der Waals surface area contributed by atoms with Gasteiger partial charge in [-0.2, -0.15) is 5.10 Å². The van der Waals surface area contributed by atoms with Crippen LogP contribution in [0, 0.1) is 0 Å². The lowest BCUT2D eigenvalue weighted by Crippen LogP contribution is -2.07. The quantitative estimate of drug-likeness (QED) is 0.365. The number of esters is 1. The first-order chi connectivity index (χ1) is 11.2. The van der Waals surface area contributed by atoms with E-state index in [2.05, 4.69) is 10.5 Å². The van der Waals surface area contributed by atoms with Crippen molar-refractivity contribution in [2.45, 2.75) is 20.3 Å². The summed E-state index contributed by atoms with van der Waals surface area (Å²) in [5, 5.41) is 4.18. The third kappa shape index (κ3) is 5.14. The van der Waals surface area contributed by atoms with Crippen LogP contribution in [0.25, 0.3) is 0 Å². The lowest BCUT2D eigenvalue weighted by molar-refractivity contribution is -0.134. The molecular formula is C18H20N2O3. The molecule has 0 fully saturated rings. The van der Waals surface area contributed by atoms with Gasteiger partial charge in [0.05, 0.1) is 18.5 Å². The first-order valence-corrected chi connectivity index (χ1v) is 7.54. The summed E-state index contributed by atoms with van der Waals surface area (Å²) >= 11 is 0. The molecule has 0 bridgehead atoms. The van der Waals surface area contributed by atoms with E-state index in [9.17, 15) is 4.79 Å². The maximum Gasteiger partial charge on any atom is 0.311 e. The van der Waals surface area contributed by atoms with Crippen LogP contribution in [0.2, 0.25) is 0 Å². The number of nitrogens with zero attached hydrogens (tertiary/aromatic N) is 1. The van der Waals surface area contributed by atoms with Gasteiger partial charge in [-0.25, -0.2) is 0 Å². The smallest absolute Gasteiger partial charge is 0.311 e. The van der Waals surface area contributed by atoms with E-state index in [0.717, 1.165) is 11.3 Å². The molecule has 2 rings (SSSR count). The average Bonchev–Trinajstić information content (AvgIpc) is 2.58. The summed E-state index contributed by atoms with van der Waals surface area (Å²) in [5.74, 6) is 0.656. The molecule has 0 unspecified atom stereocenters. The summed E-state index contributed by atoms with van der Waals surface area (Å²) in [6.07, 6.45) is 2.00. The molecule has 0 aliphatic heterocycles. The molecule has 1 N–H and O–H groups in total. The number of ether oxygens (including phenoxy) is 2. The van der Waals surface area contributed by atoms with Crippen molar-refractivity contribution in [1.29, 1.82) is 0 Å². The van der Waals surface area contributed by atoms with Gasteiger partial charge < -0.3 is 9.47 Å². The second-order valence-electron chi connectivity index (χ2n) is 4.70. The zero-order valence-corrected chi connectivity index (χ0v) is 13.3. The van der Waals surface area contributed by atoms with Gasteiger partial charge in [0.15, 0.2) is 11.5 Å². The van der Waals surface area contributed by atoms with Crippen LogP contribution in [0.1, 0.15) is 25.8 Å². The normalized spacial score (nSPS) is 10.5. The molecule has 0 amide bonds. The maximum atomic E-state index is 11.4. The van der Waals surface area contributed by atoms with Crippen molar-refractivity contribution in [1.82, 2.24) is 0 Å². The van der Waals surface area contributed by atoms with Gasteiger partial charge in [0.25, 0.3) is 0 Å². The summed E-state index contributed by atoms with van der Waals surface area (Å²) in [4.78, 5) is 11.4. The summed E-state index contributed by atoms with van der Waals surface area (Å²) in [6.45, 7) is 4.11. The topological polar surface area (TPSA) is 59.9 Å². The lowest BCUT2D eigenvalue weighted by atomic mass is 10.2. The predicted octanol–water partition coefficient (Wildman–Crippen LogP) is 3.85. The van der Waals surface area contributed by atoms with Crippen molar-refractivity contribution < 1.29 is 14.3 Å². The first-order valence-electron chi connectivity index (χ1n) is 7.54. The van der Waals surface area contributed by atoms with E-state index in [1.54, 1.807) is 25.3 Å². The molecule has 0 aliphatic carbocycles. The van der Waals surface area contributed by atoms with Crippen LogP contribution in [-0.4, -0.2) is 18.8 Å². The van der Waals surface area contributed by atoms with Gasteiger partial charge in [0.2, 0.25) is 0 Å². The van der Waals surface area contributed by atoms with E-state index >= 15 is 0 Å². The predicted molar refractivity (Wildman–Crippen MR) is 91.2 cm³/mol. The Hall–Kier alpha value is -2.82. The van der Waals surface area contributed by atoms with E-state index in [1.807, 2.05) is 43.3 Å². The maximum absolute atomic E-state index is 11.4. The molecule has 2 aromatic carbocycles. The third-order valence-corrected chi connectivity index (χ3v) is 2.96. The molecule has 0 saturated carbocycles. The number of hydrogen-bond acceptors (Lipinski definition) is 5. The zero-order valence-electron chi connectivity index (χ0n) is 13.3. The average molecular weight is 312 g/mol.